The summed E-state index contributed by atoms with van der Waals surface area (Å²) < 4.78 is 5.75. The Morgan fingerprint density at radius 2 is 1.81 bits per heavy atom. The average Bonchev–Trinajstić information content (AvgIpc) is 2.80. The molecule has 9 nitrogen and oxygen atoms in total. The molecule has 0 bridgehead atoms. The number of primary amides is 1. The van der Waals surface area contributed by atoms with Crippen LogP contribution in [-0.4, -0.2) is 26.0 Å². The van der Waals surface area contributed by atoms with Crippen molar-refractivity contribution >= 4 is 23.4 Å². The minimum atomic E-state index is -0.624. The Bertz CT molecular complexity index is 1260. The van der Waals surface area contributed by atoms with Gasteiger partial charge in [0, 0.05) is 29.6 Å². The zero-order chi connectivity index (χ0) is 22.5. The van der Waals surface area contributed by atoms with Crippen molar-refractivity contribution in [2.45, 2.75) is 6.61 Å². The van der Waals surface area contributed by atoms with Gasteiger partial charge in [-0.15, -0.1) is 0 Å². The zero-order valence-corrected chi connectivity index (χ0v) is 16.9. The van der Waals surface area contributed by atoms with E-state index in [2.05, 4.69) is 20.3 Å². The highest BCUT2D eigenvalue weighted by atomic mass is 16.5. The van der Waals surface area contributed by atoms with Crippen molar-refractivity contribution < 1.29 is 14.6 Å². The summed E-state index contributed by atoms with van der Waals surface area (Å²) >= 11 is 0. The minimum Gasteiger partial charge on any atom is -0.457 e. The van der Waals surface area contributed by atoms with E-state index in [0.29, 0.717) is 23.0 Å². The summed E-state index contributed by atoms with van der Waals surface area (Å²) in [7, 11) is 0. The topological polar surface area (TPSA) is 149 Å². The van der Waals surface area contributed by atoms with E-state index >= 15 is 0 Å². The van der Waals surface area contributed by atoms with Crippen LogP contribution in [-0.2, 0) is 6.61 Å². The van der Waals surface area contributed by atoms with Crippen LogP contribution in [0.2, 0.25) is 0 Å². The molecule has 0 aliphatic heterocycles. The molecular weight excluding hydrogens is 408 g/mol. The van der Waals surface area contributed by atoms with Gasteiger partial charge in [0.25, 0.3) is 5.91 Å². The first-order chi connectivity index (χ1) is 15.5. The first-order valence-corrected chi connectivity index (χ1v) is 9.66. The second kappa shape index (κ2) is 9.11. The summed E-state index contributed by atoms with van der Waals surface area (Å²) in [6.07, 6.45) is 1.46. The molecule has 2 aromatic carbocycles. The van der Waals surface area contributed by atoms with Crippen LogP contribution >= 0.6 is 0 Å². The molecule has 0 aliphatic rings. The Labute approximate surface area is 183 Å². The van der Waals surface area contributed by atoms with Gasteiger partial charge >= 0.3 is 0 Å². The molecule has 32 heavy (non-hydrogen) atoms. The molecule has 2 aromatic heterocycles. The van der Waals surface area contributed by atoms with Crippen molar-refractivity contribution in [1.82, 2.24) is 15.0 Å². The Kier molecular flexibility index (Phi) is 5.91. The summed E-state index contributed by atoms with van der Waals surface area (Å²) in [4.78, 5) is 23.7. The standard InChI is InChI=1S/C23H20N6O3/c24-22(31)20-11-18(8-9-26-20)32-17-6-4-16(5-7-17)27-21-12-19(28-23(25)29-21)15-3-1-2-14(10-15)13-30/h1-12,30H,13H2,(H2,24,31)(H3,25,27,28,29). The van der Waals surface area contributed by atoms with E-state index in [4.69, 9.17) is 16.2 Å². The van der Waals surface area contributed by atoms with E-state index in [1.165, 1.54) is 12.3 Å². The van der Waals surface area contributed by atoms with E-state index in [1.807, 2.05) is 36.4 Å². The predicted octanol–water partition coefficient (Wildman–Crippen LogP) is 3.25. The number of ether oxygens (including phenoxy) is 1. The van der Waals surface area contributed by atoms with Gasteiger partial charge in [-0.1, -0.05) is 18.2 Å². The molecule has 4 rings (SSSR count). The Balaban J connectivity index is 1.50. The smallest absolute Gasteiger partial charge is 0.267 e. The summed E-state index contributed by atoms with van der Waals surface area (Å²) in [5.74, 6) is 1.05. The number of nitrogen functional groups attached to an aromatic ring is 1. The van der Waals surface area contributed by atoms with Crippen LogP contribution in [0.1, 0.15) is 16.1 Å². The quantitative estimate of drug-likeness (QED) is 0.350. The van der Waals surface area contributed by atoms with E-state index in [0.717, 1.165) is 16.8 Å². The largest absolute Gasteiger partial charge is 0.457 e. The van der Waals surface area contributed by atoms with Gasteiger partial charge in [0.05, 0.1) is 12.3 Å². The normalized spacial score (nSPS) is 10.5. The second-order valence-electron chi connectivity index (χ2n) is 6.85. The Hall–Kier alpha value is -4.50. The maximum absolute atomic E-state index is 11.3. The summed E-state index contributed by atoms with van der Waals surface area (Å²) in [6, 6.07) is 19.5. The van der Waals surface area contributed by atoms with Crippen LogP contribution in [0.4, 0.5) is 17.5 Å². The second-order valence-corrected chi connectivity index (χ2v) is 6.85. The third-order valence-electron chi connectivity index (χ3n) is 4.50. The number of hydrogen-bond acceptors (Lipinski definition) is 8. The number of hydrogen-bond donors (Lipinski definition) is 4. The third kappa shape index (κ3) is 4.97. The van der Waals surface area contributed by atoms with Gasteiger partial charge in [-0.3, -0.25) is 9.78 Å². The first-order valence-electron chi connectivity index (χ1n) is 9.66. The van der Waals surface area contributed by atoms with Gasteiger partial charge in [0.15, 0.2) is 0 Å². The lowest BCUT2D eigenvalue weighted by Crippen LogP contribution is -2.12. The lowest BCUT2D eigenvalue weighted by molar-refractivity contribution is 0.0995. The number of pyridine rings is 1. The lowest BCUT2D eigenvalue weighted by atomic mass is 10.1. The zero-order valence-electron chi connectivity index (χ0n) is 16.9. The van der Waals surface area contributed by atoms with E-state index in [1.54, 1.807) is 24.3 Å². The maximum Gasteiger partial charge on any atom is 0.267 e. The summed E-state index contributed by atoms with van der Waals surface area (Å²) in [5.41, 5.74) is 14.3. The number of aromatic nitrogens is 3. The van der Waals surface area contributed by atoms with E-state index < -0.39 is 5.91 Å². The van der Waals surface area contributed by atoms with Crippen LogP contribution in [0.3, 0.4) is 0 Å². The fraction of sp³-hybridized carbons (Fsp3) is 0.0435. The number of nitrogens with two attached hydrogens (primary N) is 2. The van der Waals surface area contributed by atoms with Gasteiger partial charge in [-0.2, -0.15) is 4.98 Å². The number of amides is 1. The fourth-order valence-electron chi connectivity index (χ4n) is 3.01. The van der Waals surface area contributed by atoms with Gasteiger partial charge in [0.2, 0.25) is 5.95 Å². The van der Waals surface area contributed by atoms with E-state index in [-0.39, 0.29) is 18.2 Å². The number of anilines is 3. The molecule has 0 atom stereocenters. The first kappa shape index (κ1) is 20.8. The number of rotatable bonds is 7. The monoisotopic (exact) mass is 428 g/mol. The van der Waals surface area contributed by atoms with Gasteiger partial charge in [0.1, 0.15) is 23.0 Å². The molecule has 0 fully saturated rings. The van der Waals surface area contributed by atoms with E-state index in [9.17, 15) is 9.90 Å². The fourth-order valence-corrected chi connectivity index (χ4v) is 3.01. The highest BCUT2D eigenvalue weighted by molar-refractivity contribution is 5.91. The van der Waals surface area contributed by atoms with Crippen molar-refractivity contribution in [3.05, 3.63) is 84.2 Å². The van der Waals surface area contributed by atoms with Gasteiger partial charge in [-0.05, 0) is 42.0 Å². The molecule has 0 unspecified atom stereocenters. The lowest BCUT2D eigenvalue weighted by Gasteiger charge is -2.10. The summed E-state index contributed by atoms with van der Waals surface area (Å²) in [6.45, 7) is -0.0583. The van der Waals surface area contributed by atoms with Crippen LogP contribution < -0.4 is 21.5 Å². The number of nitrogens with zero attached hydrogens (tertiary/aromatic N) is 3. The molecule has 2 heterocycles. The number of carbonyl (C=O) groups excluding carboxylic acids is 1. The molecule has 0 aliphatic carbocycles. The van der Waals surface area contributed by atoms with Crippen molar-refractivity contribution in [2.24, 2.45) is 5.73 Å². The van der Waals surface area contributed by atoms with Gasteiger partial charge < -0.3 is 26.6 Å². The Morgan fingerprint density at radius 3 is 2.56 bits per heavy atom. The number of nitrogens with one attached hydrogen (secondary N) is 1. The molecule has 0 saturated heterocycles. The van der Waals surface area contributed by atoms with Gasteiger partial charge in [-0.25, -0.2) is 4.98 Å². The van der Waals surface area contributed by atoms with Crippen LogP contribution in [0, 0.1) is 0 Å². The molecule has 160 valence electrons. The van der Waals surface area contributed by atoms with Crippen molar-refractivity contribution in [3.8, 4) is 22.8 Å². The van der Waals surface area contributed by atoms with Crippen LogP contribution in [0.15, 0.2) is 72.9 Å². The molecule has 0 saturated carbocycles. The molecule has 6 N–H and O–H groups in total. The maximum atomic E-state index is 11.3. The van der Waals surface area contributed by atoms with Crippen molar-refractivity contribution in [2.75, 3.05) is 11.1 Å². The van der Waals surface area contributed by atoms with Crippen molar-refractivity contribution in [3.63, 3.8) is 0 Å². The molecule has 9 heteroatoms. The number of aliphatic hydroxyl groups excluding tert-OH is 1. The van der Waals surface area contributed by atoms with Crippen molar-refractivity contribution in [1.29, 1.82) is 0 Å². The number of benzene rings is 2. The molecule has 4 aromatic rings. The highest BCUT2D eigenvalue weighted by Gasteiger charge is 2.08. The summed E-state index contributed by atoms with van der Waals surface area (Å²) in [5, 5.41) is 12.6. The molecule has 1 amide bonds. The number of aliphatic hydroxyl groups is 1. The SMILES string of the molecule is NC(=O)c1cc(Oc2ccc(Nc3cc(-c4cccc(CO)c4)nc(N)n3)cc2)ccn1. The predicted molar refractivity (Wildman–Crippen MR) is 120 cm³/mol. The van der Waals surface area contributed by atoms with Crippen LogP contribution in [0.25, 0.3) is 11.3 Å². The van der Waals surface area contributed by atoms with Crippen LogP contribution in [0.5, 0.6) is 11.5 Å². The third-order valence-corrected chi connectivity index (χ3v) is 4.50. The molecular formula is C23H20N6O3. The molecule has 0 spiro atoms. The highest BCUT2D eigenvalue weighted by Crippen LogP contribution is 2.26. The Morgan fingerprint density at radius 1 is 1.00 bits per heavy atom. The average molecular weight is 428 g/mol. The molecule has 0 radical (unpaired) electrons. The minimum absolute atomic E-state index is 0.0583. The number of carbonyl (C=O) groups is 1.